The number of nitrogens with zero attached hydrogens (tertiary/aromatic N) is 1. The molecule has 0 radical (unpaired) electrons. The lowest BCUT2D eigenvalue weighted by Gasteiger charge is -2.07. The number of hydrogen-bond acceptors (Lipinski definition) is 4. The topological polar surface area (TPSA) is 34.1 Å². The summed E-state index contributed by atoms with van der Waals surface area (Å²) in [6.07, 6.45) is 0.281. The maximum atomic E-state index is 5.46. The monoisotopic (exact) mass is 314 g/mol. The van der Waals surface area contributed by atoms with Gasteiger partial charge in [0.25, 0.3) is 0 Å². The Morgan fingerprint density at radius 3 is 3.06 bits per heavy atom. The van der Waals surface area contributed by atoms with E-state index in [1.807, 2.05) is 26.0 Å². The van der Waals surface area contributed by atoms with Crippen molar-refractivity contribution in [3.63, 3.8) is 0 Å². The predicted molar refractivity (Wildman–Crippen MR) is 76.9 cm³/mol. The van der Waals surface area contributed by atoms with Crippen LogP contribution in [0.5, 0.6) is 0 Å². The number of nitrogens with one attached hydrogen (secondary N) is 1. The molecule has 0 atom stereocenters. The van der Waals surface area contributed by atoms with E-state index in [-0.39, 0.29) is 6.10 Å². The Hall–Kier alpha value is -0.650. The average Bonchev–Trinajstić information content (AvgIpc) is 2.66. The second kappa shape index (κ2) is 5.80. The molecule has 0 saturated carbocycles. The molecule has 5 heteroatoms. The molecule has 1 aromatic carbocycles. The summed E-state index contributed by atoms with van der Waals surface area (Å²) in [7, 11) is 0. The summed E-state index contributed by atoms with van der Waals surface area (Å²) in [4.78, 5) is 4.51. The Labute approximate surface area is 113 Å². The highest BCUT2D eigenvalue weighted by molar-refractivity contribution is 9.10. The number of ether oxygens (including phenoxy) is 1. The van der Waals surface area contributed by atoms with E-state index in [2.05, 4.69) is 32.3 Å². The lowest BCUT2D eigenvalue weighted by atomic mass is 10.3. The van der Waals surface area contributed by atoms with Crippen LogP contribution < -0.4 is 5.32 Å². The highest BCUT2D eigenvalue weighted by Gasteiger charge is 2.03. The molecule has 0 amide bonds. The van der Waals surface area contributed by atoms with Gasteiger partial charge in [0, 0.05) is 11.0 Å². The van der Waals surface area contributed by atoms with Crippen molar-refractivity contribution in [2.24, 2.45) is 0 Å². The molecule has 0 aliphatic rings. The second-order valence-electron chi connectivity index (χ2n) is 3.98. The number of thiazole rings is 1. The summed E-state index contributed by atoms with van der Waals surface area (Å²) in [5.74, 6) is 0. The van der Waals surface area contributed by atoms with Crippen LogP contribution in [-0.2, 0) is 4.74 Å². The number of fused-ring (bicyclic) bond motifs is 1. The quantitative estimate of drug-likeness (QED) is 0.850. The van der Waals surface area contributed by atoms with Gasteiger partial charge in [-0.15, -0.1) is 0 Å². The molecule has 17 heavy (non-hydrogen) atoms. The summed E-state index contributed by atoms with van der Waals surface area (Å²) >= 11 is 5.11. The summed E-state index contributed by atoms with van der Waals surface area (Å²) in [5, 5.41) is 4.23. The van der Waals surface area contributed by atoms with Crippen molar-refractivity contribution in [1.29, 1.82) is 0 Å². The van der Waals surface area contributed by atoms with Crippen LogP contribution in [-0.4, -0.2) is 24.2 Å². The van der Waals surface area contributed by atoms with Crippen LogP contribution in [0.3, 0.4) is 0 Å². The molecule has 0 saturated heterocycles. The third-order valence-corrected chi connectivity index (χ3v) is 3.67. The molecular weight excluding hydrogens is 300 g/mol. The van der Waals surface area contributed by atoms with Gasteiger partial charge in [0.1, 0.15) is 0 Å². The first-order chi connectivity index (χ1) is 8.15. The van der Waals surface area contributed by atoms with Gasteiger partial charge in [0.15, 0.2) is 5.13 Å². The van der Waals surface area contributed by atoms with Gasteiger partial charge in [-0.1, -0.05) is 27.3 Å². The Kier molecular flexibility index (Phi) is 4.36. The summed E-state index contributed by atoms with van der Waals surface area (Å²) < 4.78 is 7.72. The van der Waals surface area contributed by atoms with E-state index in [1.165, 1.54) is 4.70 Å². The molecule has 0 bridgehead atoms. The van der Waals surface area contributed by atoms with Crippen LogP contribution in [0.25, 0.3) is 10.2 Å². The van der Waals surface area contributed by atoms with Crippen LogP contribution in [0.15, 0.2) is 22.7 Å². The lowest BCUT2D eigenvalue weighted by molar-refractivity contribution is 0.0870. The van der Waals surface area contributed by atoms with Crippen molar-refractivity contribution in [2.75, 3.05) is 18.5 Å². The zero-order valence-electron chi connectivity index (χ0n) is 9.87. The molecule has 0 fully saturated rings. The van der Waals surface area contributed by atoms with Crippen molar-refractivity contribution in [2.45, 2.75) is 20.0 Å². The van der Waals surface area contributed by atoms with Gasteiger partial charge in [0.2, 0.25) is 0 Å². The average molecular weight is 315 g/mol. The molecule has 2 rings (SSSR count). The normalized spacial score (nSPS) is 11.3. The highest BCUT2D eigenvalue weighted by atomic mass is 79.9. The Bertz CT molecular complexity index is 498. The van der Waals surface area contributed by atoms with E-state index in [4.69, 9.17) is 4.74 Å². The molecular formula is C12H15BrN2OS. The van der Waals surface area contributed by atoms with Crippen molar-refractivity contribution < 1.29 is 4.74 Å². The lowest BCUT2D eigenvalue weighted by Crippen LogP contribution is -2.12. The SMILES string of the molecule is CC(C)OCCNc1nc2cc(Br)ccc2s1. The van der Waals surface area contributed by atoms with E-state index in [1.54, 1.807) is 11.3 Å². The smallest absolute Gasteiger partial charge is 0.183 e. The molecule has 0 unspecified atom stereocenters. The molecule has 0 spiro atoms. The molecule has 2 aromatic rings. The first kappa shape index (κ1) is 12.8. The zero-order valence-corrected chi connectivity index (χ0v) is 12.3. The van der Waals surface area contributed by atoms with Gasteiger partial charge in [-0.2, -0.15) is 0 Å². The largest absolute Gasteiger partial charge is 0.377 e. The molecule has 0 aliphatic carbocycles. The van der Waals surface area contributed by atoms with Crippen molar-refractivity contribution in [3.8, 4) is 0 Å². The third kappa shape index (κ3) is 3.66. The Morgan fingerprint density at radius 2 is 2.29 bits per heavy atom. The maximum absolute atomic E-state index is 5.46. The van der Waals surface area contributed by atoms with Crippen LogP contribution in [0.1, 0.15) is 13.8 Å². The van der Waals surface area contributed by atoms with E-state index in [9.17, 15) is 0 Å². The van der Waals surface area contributed by atoms with Gasteiger partial charge in [-0.05, 0) is 32.0 Å². The molecule has 1 heterocycles. The number of aromatic nitrogens is 1. The number of rotatable bonds is 5. The summed E-state index contributed by atoms with van der Waals surface area (Å²) in [6.45, 7) is 5.57. The van der Waals surface area contributed by atoms with Crippen LogP contribution in [0.2, 0.25) is 0 Å². The molecule has 3 nitrogen and oxygen atoms in total. The number of halogens is 1. The third-order valence-electron chi connectivity index (χ3n) is 2.18. The van der Waals surface area contributed by atoms with E-state index >= 15 is 0 Å². The fourth-order valence-corrected chi connectivity index (χ4v) is 2.65. The van der Waals surface area contributed by atoms with Gasteiger partial charge in [0.05, 0.1) is 22.9 Å². The van der Waals surface area contributed by atoms with Gasteiger partial charge < -0.3 is 10.1 Å². The molecule has 1 aromatic heterocycles. The minimum Gasteiger partial charge on any atom is -0.377 e. The minimum absolute atomic E-state index is 0.281. The summed E-state index contributed by atoms with van der Waals surface area (Å²) in [6, 6.07) is 6.14. The first-order valence-corrected chi connectivity index (χ1v) is 7.17. The number of hydrogen-bond donors (Lipinski definition) is 1. The van der Waals surface area contributed by atoms with E-state index in [0.717, 1.165) is 21.7 Å². The van der Waals surface area contributed by atoms with Gasteiger partial charge in [-0.25, -0.2) is 4.98 Å². The van der Waals surface area contributed by atoms with Gasteiger partial charge >= 0.3 is 0 Å². The standard InChI is InChI=1S/C12H15BrN2OS/c1-8(2)16-6-5-14-12-15-10-7-9(13)3-4-11(10)17-12/h3-4,7-8H,5-6H2,1-2H3,(H,14,15). The fraction of sp³-hybridized carbons (Fsp3) is 0.417. The van der Waals surface area contributed by atoms with Crippen molar-refractivity contribution in [1.82, 2.24) is 4.98 Å². The predicted octanol–water partition coefficient (Wildman–Crippen LogP) is 3.90. The van der Waals surface area contributed by atoms with Crippen LogP contribution in [0.4, 0.5) is 5.13 Å². The van der Waals surface area contributed by atoms with Crippen LogP contribution in [0, 0.1) is 0 Å². The Balaban J connectivity index is 1.95. The molecule has 92 valence electrons. The molecule has 1 N–H and O–H groups in total. The fourth-order valence-electron chi connectivity index (χ4n) is 1.43. The Morgan fingerprint density at radius 1 is 1.47 bits per heavy atom. The van der Waals surface area contributed by atoms with Crippen molar-refractivity contribution >= 4 is 42.6 Å². The van der Waals surface area contributed by atoms with E-state index < -0.39 is 0 Å². The molecule has 0 aliphatic heterocycles. The first-order valence-electron chi connectivity index (χ1n) is 5.57. The van der Waals surface area contributed by atoms with Crippen molar-refractivity contribution in [3.05, 3.63) is 22.7 Å². The highest BCUT2D eigenvalue weighted by Crippen LogP contribution is 2.27. The second-order valence-corrected chi connectivity index (χ2v) is 5.92. The van der Waals surface area contributed by atoms with Crippen LogP contribution >= 0.6 is 27.3 Å². The summed E-state index contributed by atoms with van der Waals surface area (Å²) in [5.41, 5.74) is 1.02. The minimum atomic E-state index is 0.281. The van der Waals surface area contributed by atoms with Gasteiger partial charge in [-0.3, -0.25) is 0 Å². The number of anilines is 1. The maximum Gasteiger partial charge on any atom is 0.183 e. The van der Waals surface area contributed by atoms with E-state index in [0.29, 0.717) is 6.61 Å². The zero-order chi connectivity index (χ0) is 12.3. The number of benzene rings is 1.